The SMILES string of the molecule is O=C(NC(CSCc1ccccc1)C(=O)N/N=C/c1ccco1)c1ccccc1Br. The molecule has 0 aliphatic rings. The second kappa shape index (κ2) is 11.4. The van der Waals surface area contributed by atoms with Crippen molar-refractivity contribution >= 4 is 45.7 Å². The van der Waals surface area contributed by atoms with E-state index in [-0.39, 0.29) is 5.91 Å². The van der Waals surface area contributed by atoms with E-state index in [1.54, 1.807) is 42.1 Å². The quantitative estimate of drug-likeness (QED) is 0.351. The molecule has 2 N–H and O–H groups in total. The van der Waals surface area contributed by atoms with Crippen LogP contribution in [0.15, 0.2) is 87.0 Å². The Balaban J connectivity index is 1.64. The molecule has 3 rings (SSSR count). The fourth-order valence-corrected chi connectivity index (χ4v) is 4.02. The lowest BCUT2D eigenvalue weighted by Gasteiger charge is -2.17. The molecule has 0 saturated carbocycles. The standard InChI is InChI=1S/C22H20BrN3O3S/c23-19-11-5-4-10-18(19)21(27)25-20(15-30-14-16-7-2-1-3-8-16)22(28)26-24-13-17-9-6-12-29-17/h1-13,20H,14-15H2,(H,25,27)(H,26,28)/b24-13+. The number of hydrazone groups is 1. The van der Waals surface area contributed by atoms with Gasteiger partial charge in [0, 0.05) is 16.0 Å². The summed E-state index contributed by atoms with van der Waals surface area (Å²) >= 11 is 4.93. The molecular formula is C22H20BrN3O3S. The number of furan rings is 1. The van der Waals surface area contributed by atoms with Gasteiger partial charge in [-0.3, -0.25) is 9.59 Å². The van der Waals surface area contributed by atoms with Gasteiger partial charge >= 0.3 is 0 Å². The van der Waals surface area contributed by atoms with Crippen LogP contribution in [-0.2, 0) is 10.5 Å². The fraction of sp³-hybridized carbons (Fsp3) is 0.136. The van der Waals surface area contributed by atoms with Crippen molar-refractivity contribution < 1.29 is 14.0 Å². The van der Waals surface area contributed by atoms with Crippen LogP contribution in [0.5, 0.6) is 0 Å². The van der Waals surface area contributed by atoms with E-state index in [1.165, 1.54) is 12.5 Å². The van der Waals surface area contributed by atoms with Gasteiger partial charge in [-0.05, 0) is 45.8 Å². The van der Waals surface area contributed by atoms with Crippen LogP contribution in [0.4, 0.5) is 0 Å². The summed E-state index contributed by atoms with van der Waals surface area (Å²) in [4.78, 5) is 25.4. The summed E-state index contributed by atoms with van der Waals surface area (Å²) < 4.78 is 5.81. The maximum atomic E-state index is 12.7. The normalized spacial score (nSPS) is 11.9. The lowest BCUT2D eigenvalue weighted by Crippen LogP contribution is -2.47. The Morgan fingerprint density at radius 2 is 1.83 bits per heavy atom. The number of carbonyl (C=O) groups excluding carboxylic acids is 2. The summed E-state index contributed by atoms with van der Waals surface area (Å²) in [5.74, 6) is 0.900. The van der Waals surface area contributed by atoms with Crippen LogP contribution in [0.2, 0.25) is 0 Å². The average molecular weight is 486 g/mol. The molecule has 1 atom stereocenters. The molecule has 2 amide bonds. The first-order chi connectivity index (χ1) is 14.6. The van der Waals surface area contributed by atoms with Crippen molar-refractivity contribution in [2.24, 2.45) is 5.10 Å². The lowest BCUT2D eigenvalue weighted by molar-refractivity contribution is -0.122. The number of hydrogen-bond donors (Lipinski definition) is 2. The van der Waals surface area contributed by atoms with Gasteiger partial charge in [0.05, 0.1) is 18.0 Å². The van der Waals surface area contributed by atoms with Crippen LogP contribution >= 0.6 is 27.7 Å². The lowest BCUT2D eigenvalue weighted by atomic mass is 10.2. The summed E-state index contributed by atoms with van der Waals surface area (Å²) in [7, 11) is 0. The highest BCUT2D eigenvalue weighted by atomic mass is 79.9. The van der Waals surface area contributed by atoms with E-state index in [0.29, 0.717) is 21.5 Å². The van der Waals surface area contributed by atoms with E-state index in [1.807, 2.05) is 36.4 Å². The summed E-state index contributed by atoms with van der Waals surface area (Å²) in [6, 6.07) is 19.7. The number of thioether (sulfide) groups is 1. The number of rotatable bonds is 9. The second-order valence-corrected chi connectivity index (χ2v) is 8.14. The zero-order valence-electron chi connectivity index (χ0n) is 16.0. The summed E-state index contributed by atoms with van der Waals surface area (Å²) in [5, 5.41) is 6.72. The third-order valence-electron chi connectivity index (χ3n) is 4.05. The minimum absolute atomic E-state index is 0.335. The molecule has 0 fully saturated rings. The van der Waals surface area contributed by atoms with Crippen LogP contribution in [0.1, 0.15) is 21.7 Å². The number of nitrogens with zero attached hydrogens (tertiary/aromatic N) is 1. The van der Waals surface area contributed by atoms with Crippen LogP contribution in [0.25, 0.3) is 0 Å². The van der Waals surface area contributed by atoms with Gasteiger partial charge in [-0.15, -0.1) is 0 Å². The van der Waals surface area contributed by atoms with E-state index < -0.39 is 11.9 Å². The highest BCUT2D eigenvalue weighted by molar-refractivity contribution is 9.10. The van der Waals surface area contributed by atoms with Crippen LogP contribution in [0, 0.1) is 0 Å². The molecule has 0 aliphatic heterocycles. The van der Waals surface area contributed by atoms with Gasteiger partial charge in [-0.25, -0.2) is 5.43 Å². The summed E-state index contributed by atoms with van der Waals surface area (Å²) in [5.41, 5.74) is 4.08. The third kappa shape index (κ3) is 6.60. The summed E-state index contributed by atoms with van der Waals surface area (Å²) in [6.07, 6.45) is 2.92. The Morgan fingerprint density at radius 3 is 2.57 bits per heavy atom. The summed E-state index contributed by atoms with van der Waals surface area (Å²) in [6.45, 7) is 0. The zero-order valence-corrected chi connectivity index (χ0v) is 18.4. The van der Waals surface area contributed by atoms with Crippen molar-refractivity contribution in [1.82, 2.24) is 10.7 Å². The average Bonchev–Trinajstić information content (AvgIpc) is 3.27. The predicted molar refractivity (Wildman–Crippen MR) is 122 cm³/mol. The van der Waals surface area contributed by atoms with Crippen LogP contribution in [-0.4, -0.2) is 29.8 Å². The van der Waals surface area contributed by atoms with E-state index in [4.69, 9.17) is 4.42 Å². The van der Waals surface area contributed by atoms with Crippen LogP contribution in [0.3, 0.4) is 0 Å². The van der Waals surface area contributed by atoms with Crippen LogP contribution < -0.4 is 10.7 Å². The van der Waals surface area contributed by atoms with E-state index >= 15 is 0 Å². The van der Waals surface area contributed by atoms with Crippen molar-refractivity contribution in [1.29, 1.82) is 0 Å². The van der Waals surface area contributed by atoms with E-state index in [0.717, 1.165) is 11.3 Å². The Hall–Kier alpha value is -2.84. The maximum absolute atomic E-state index is 12.7. The van der Waals surface area contributed by atoms with Gasteiger partial charge in [-0.2, -0.15) is 16.9 Å². The van der Waals surface area contributed by atoms with Gasteiger partial charge in [-0.1, -0.05) is 42.5 Å². The minimum atomic E-state index is -0.757. The molecule has 0 bridgehead atoms. The predicted octanol–water partition coefficient (Wildman–Crippen LogP) is 4.22. The first-order valence-corrected chi connectivity index (χ1v) is 11.1. The largest absolute Gasteiger partial charge is 0.463 e. The first-order valence-electron chi connectivity index (χ1n) is 9.17. The topological polar surface area (TPSA) is 83.7 Å². The number of benzene rings is 2. The molecule has 6 nitrogen and oxygen atoms in total. The fourth-order valence-electron chi connectivity index (χ4n) is 2.54. The minimum Gasteiger partial charge on any atom is -0.463 e. The van der Waals surface area contributed by atoms with Crippen molar-refractivity contribution in [3.05, 3.63) is 94.4 Å². The van der Waals surface area contributed by atoms with Gasteiger partial charge in [0.2, 0.25) is 0 Å². The first kappa shape index (κ1) is 21.9. The molecule has 3 aromatic rings. The molecule has 154 valence electrons. The molecule has 30 heavy (non-hydrogen) atoms. The van der Waals surface area contributed by atoms with Crippen molar-refractivity contribution in [2.75, 3.05) is 5.75 Å². The number of hydrogen-bond acceptors (Lipinski definition) is 5. The molecule has 0 spiro atoms. The Labute approximate surface area is 187 Å². The molecule has 8 heteroatoms. The number of halogens is 1. The van der Waals surface area contributed by atoms with E-state index in [2.05, 4.69) is 31.8 Å². The van der Waals surface area contributed by atoms with Crippen molar-refractivity contribution in [3.8, 4) is 0 Å². The molecule has 0 aliphatic carbocycles. The Bertz CT molecular complexity index is 994. The Morgan fingerprint density at radius 1 is 1.07 bits per heavy atom. The molecule has 1 heterocycles. The van der Waals surface area contributed by atoms with Crippen molar-refractivity contribution in [2.45, 2.75) is 11.8 Å². The molecule has 1 unspecified atom stereocenters. The monoisotopic (exact) mass is 485 g/mol. The van der Waals surface area contributed by atoms with E-state index in [9.17, 15) is 9.59 Å². The Kier molecular flexibility index (Phi) is 8.29. The highest BCUT2D eigenvalue weighted by Gasteiger charge is 2.22. The number of carbonyl (C=O) groups is 2. The smallest absolute Gasteiger partial charge is 0.263 e. The molecule has 0 radical (unpaired) electrons. The number of nitrogens with one attached hydrogen (secondary N) is 2. The van der Waals surface area contributed by atoms with Crippen molar-refractivity contribution in [3.63, 3.8) is 0 Å². The van der Waals surface area contributed by atoms with Gasteiger partial charge in [0.25, 0.3) is 11.8 Å². The molecule has 0 saturated heterocycles. The third-order valence-corrected chi connectivity index (χ3v) is 5.84. The number of amides is 2. The van der Waals surface area contributed by atoms with Gasteiger partial charge in [0.1, 0.15) is 11.8 Å². The second-order valence-electron chi connectivity index (χ2n) is 6.26. The zero-order chi connectivity index (χ0) is 21.2. The molecular weight excluding hydrogens is 466 g/mol. The van der Waals surface area contributed by atoms with Gasteiger partial charge < -0.3 is 9.73 Å². The highest BCUT2D eigenvalue weighted by Crippen LogP contribution is 2.17. The molecule has 1 aromatic heterocycles. The maximum Gasteiger partial charge on any atom is 0.263 e. The van der Waals surface area contributed by atoms with Gasteiger partial charge in [0.15, 0.2) is 0 Å². The molecule has 2 aromatic carbocycles.